The van der Waals surface area contributed by atoms with Crippen molar-refractivity contribution in [2.45, 2.75) is 19.4 Å². The molecule has 0 amide bonds. The molecule has 0 saturated carbocycles. The number of halogens is 6. The molecule has 0 atom stereocenters. The number of alkyl halides is 5. The molecule has 1 N–H and O–H groups in total. The highest BCUT2D eigenvalue weighted by atomic mass is 127. The zero-order chi connectivity index (χ0) is 13.2. The number of ether oxygens (including phenoxy) is 1. The van der Waals surface area contributed by atoms with E-state index in [-0.39, 0.29) is 5.69 Å². The van der Waals surface area contributed by atoms with Crippen LogP contribution in [0.25, 0.3) is 0 Å². The number of aromatic nitrogens is 1. The summed E-state index contributed by atoms with van der Waals surface area (Å²) in [5.41, 5.74) is -0.983. The Kier molecular flexibility index (Phi) is 4.47. The van der Waals surface area contributed by atoms with Crippen LogP contribution in [0.3, 0.4) is 0 Å². The number of hydrogen-bond donors (Lipinski definition) is 1. The predicted molar refractivity (Wildman–Crippen MR) is 54.5 cm³/mol. The summed E-state index contributed by atoms with van der Waals surface area (Å²) in [7, 11) is 0. The van der Waals surface area contributed by atoms with E-state index >= 15 is 0 Å². The van der Waals surface area contributed by atoms with Crippen LogP contribution in [0, 0.1) is 3.57 Å². The van der Waals surface area contributed by atoms with E-state index in [0.717, 1.165) is 6.07 Å². The first-order valence-electron chi connectivity index (χ1n) is 4.08. The van der Waals surface area contributed by atoms with Crippen molar-refractivity contribution in [1.82, 2.24) is 4.98 Å². The molecule has 1 heterocycles. The van der Waals surface area contributed by atoms with Gasteiger partial charge in [-0.1, -0.05) is 0 Å². The third kappa shape index (κ3) is 3.91. The van der Waals surface area contributed by atoms with Gasteiger partial charge in [-0.05, 0) is 28.7 Å². The lowest BCUT2D eigenvalue weighted by Crippen LogP contribution is -2.19. The van der Waals surface area contributed by atoms with E-state index < -0.39 is 34.4 Å². The highest BCUT2D eigenvalue weighted by Gasteiger charge is 2.34. The zero-order valence-electron chi connectivity index (χ0n) is 7.93. The zero-order valence-corrected chi connectivity index (χ0v) is 10.1. The Bertz CT molecular complexity index is 410. The summed E-state index contributed by atoms with van der Waals surface area (Å²) in [5.74, 6) is -0.986. The molecule has 0 aromatic carbocycles. The highest BCUT2D eigenvalue weighted by molar-refractivity contribution is 14.1. The SMILES string of the molecule is OCc1cc(C(F)F)c(I)c(OC(F)(F)F)n1. The van der Waals surface area contributed by atoms with Gasteiger partial charge in [0.15, 0.2) is 0 Å². The summed E-state index contributed by atoms with van der Waals surface area (Å²) in [6.07, 6.45) is -8.01. The maximum absolute atomic E-state index is 12.5. The Hall–Kier alpha value is -0.710. The summed E-state index contributed by atoms with van der Waals surface area (Å²) in [5, 5.41) is 8.71. The molecule has 0 aliphatic carbocycles. The van der Waals surface area contributed by atoms with Crippen LogP contribution in [0.1, 0.15) is 17.7 Å². The molecule has 1 aromatic heterocycles. The van der Waals surface area contributed by atoms with Crippen molar-refractivity contribution < 1.29 is 31.8 Å². The first-order valence-corrected chi connectivity index (χ1v) is 5.16. The molecule has 0 fully saturated rings. The lowest BCUT2D eigenvalue weighted by molar-refractivity contribution is -0.276. The lowest BCUT2D eigenvalue weighted by Gasteiger charge is -2.13. The van der Waals surface area contributed by atoms with Crippen molar-refractivity contribution in [1.29, 1.82) is 0 Å². The maximum atomic E-state index is 12.5. The van der Waals surface area contributed by atoms with Gasteiger partial charge in [0.05, 0.1) is 15.9 Å². The van der Waals surface area contributed by atoms with Gasteiger partial charge in [-0.2, -0.15) is 0 Å². The number of aliphatic hydroxyl groups excluding tert-OH is 1. The molecule has 0 unspecified atom stereocenters. The molecule has 96 valence electrons. The molecule has 0 radical (unpaired) electrons. The summed E-state index contributed by atoms with van der Waals surface area (Å²) >= 11 is 1.28. The minimum Gasteiger partial charge on any atom is -0.390 e. The van der Waals surface area contributed by atoms with Crippen molar-refractivity contribution in [3.63, 3.8) is 0 Å². The molecule has 0 aliphatic rings. The minimum absolute atomic E-state index is 0.319. The van der Waals surface area contributed by atoms with Crippen LogP contribution >= 0.6 is 22.6 Å². The number of aliphatic hydroxyl groups is 1. The second-order valence-corrected chi connectivity index (χ2v) is 3.91. The molecule has 3 nitrogen and oxygen atoms in total. The minimum atomic E-state index is -5.03. The third-order valence-corrected chi connectivity index (χ3v) is 2.70. The number of hydrogen-bond acceptors (Lipinski definition) is 3. The fourth-order valence-electron chi connectivity index (χ4n) is 0.995. The number of nitrogens with zero attached hydrogens (tertiary/aromatic N) is 1. The molecule has 1 rings (SSSR count). The summed E-state index contributed by atoms with van der Waals surface area (Å²) in [6.45, 7) is -0.759. The standard InChI is InChI=1S/C8H5F5INO2/c9-6(10)4-1-3(2-16)15-7(5(4)14)17-8(11,12)13/h1,6,16H,2H2. The van der Waals surface area contributed by atoms with E-state index in [9.17, 15) is 22.0 Å². The average Bonchev–Trinajstić information content (AvgIpc) is 2.18. The topological polar surface area (TPSA) is 42.4 Å². The molecule has 0 aliphatic heterocycles. The molecule has 0 spiro atoms. The number of rotatable bonds is 3. The van der Waals surface area contributed by atoms with Crippen LogP contribution < -0.4 is 4.74 Å². The molecule has 9 heteroatoms. The fourth-order valence-corrected chi connectivity index (χ4v) is 1.62. The Balaban J connectivity index is 3.24. The van der Waals surface area contributed by atoms with Gasteiger partial charge in [0.2, 0.25) is 5.88 Å². The average molecular weight is 369 g/mol. The van der Waals surface area contributed by atoms with E-state index in [1.165, 1.54) is 22.6 Å². The third-order valence-electron chi connectivity index (χ3n) is 1.62. The van der Waals surface area contributed by atoms with Gasteiger partial charge < -0.3 is 9.84 Å². The molecule has 1 aromatic rings. The summed E-state index contributed by atoms with van der Waals surface area (Å²) < 4.78 is 64.0. The molecule has 0 saturated heterocycles. The summed E-state index contributed by atoms with van der Waals surface area (Å²) in [6, 6.07) is 0.829. The van der Waals surface area contributed by atoms with Crippen molar-refractivity contribution in [3.05, 3.63) is 20.9 Å². The first kappa shape index (κ1) is 14.4. The van der Waals surface area contributed by atoms with Crippen LogP contribution in [0.15, 0.2) is 6.07 Å². The number of pyridine rings is 1. The van der Waals surface area contributed by atoms with E-state index in [1.807, 2.05) is 0 Å². The van der Waals surface area contributed by atoms with Crippen LogP contribution in [-0.2, 0) is 6.61 Å². The predicted octanol–water partition coefficient (Wildman–Crippen LogP) is 3.01. The van der Waals surface area contributed by atoms with E-state index in [0.29, 0.717) is 0 Å². The van der Waals surface area contributed by atoms with Crippen molar-refractivity contribution >= 4 is 22.6 Å². The van der Waals surface area contributed by atoms with E-state index in [2.05, 4.69) is 9.72 Å². The fraction of sp³-hybridized carbons (Fsp3) is 0.375. The quantitative estimate of drug-likeness (QED) is 0.658. The Morgan fingerprint density at radius 2 is 2.00 bits per heavy atom. The normalized spacial score (nSPS) is 12.0. The Labute approximate surface area is 106 Å². The van der Waals surface area contributed by atoms with Crippen LogP contribution in [0.2, 0.25) is 0 Å². The van der Waals surface area contributed by atoms with Crippen molar-refractivity contribution in [3.8, 4) is 5.88 Å². The molecular formula is C8H5F5INO2. The largest absolute Gasteiger partial charge is 0.574 e. The Morgan fingerprint density at radius 3 is 2.41 bits per heavy atom. The van der Waals surface area contributed by atoms with E-state index in [4.69, 9.17) is 5.11 Å². The van der Waals surface area contributed by atoms with Gasteiger partial charge in [0, 0.05) is 5.56 Å². The molecule has 17 heavy (non-hydrogen) atoms. The summed E-state index contributed by atoms with van der Waals surface area (Å²) in [4.78, 5) is 3.29. The van der Waals surface area contributed by atoms with Crippen molar-refractivity contribution in [2.24, 2.45) is 0 Å². The van der Waals surface area contributed by atoms with Gasteiger partial charge in [-0.3, -0.25) is 0 Å². The monoisotopic (exact) mass is 369 g/mol. The second-order valence-electron chi connectivity index (χ2n) is 2.83. The van der Waals surface area contributed by atoms with E-state index in [1.54, 1.807) is 0 Å². The van der Waals surface area contributed by atoms with Crippen LogP contribution in [0.5, 0.6) is 5.88 Å². The first-order chi connectivity index (χ1) is 7.74. The van der Waals surface area contributed by atoms with Gasteiger partial charge >= 0.3 is 6.36 Å². The lowest BCUT2D eigenvalue weighted by atomic mass is 10.2. The Morgan fingerprint density at radius 1 is 1.41 bits per heavy atom. The van der Waals surface area contributed by atoms with Gasteiger partial charge in [0.1, 0.15) is 0 Å². The molecule has 0 bridgehead atoms. The second kappa shape index (κ2) is 5.29. The van der Waals surface area contributed by atoms with Gasteiger partial charge in [-0.25, -0.2) is 13.8 Å². The maximum Gasteiger partial charge on any atom is 0.574 e. The van der Waals surface area contributed by atoms with Gasteiger partial charge in [0.25, 0.3) is 6.43 Å². The smallest absolute Gasteiger partial charge is 0.390 e. The van der Waals surface area contributed by atoms with Gasteiger partial charge in [-0.15, -0.1) is 13.2 Å². The molecular weight excluding hydrogens is 364 g/mol. The van der Waals surface area contributed by atoms with Crippen molar-refractivity contribution in [2.75, 3.05) is 0 Å². The van der Waals surface area contributed by atoms with Crippen LogP contribution in [0.4, 0.5) is 22.0 Å². The highest BCUT2D eigenvalue weighted by Crippen LogP contribution is 2.33. The van der Waals surface area contributed by atoms with Crippen LogP contribution in [-0.4, -0.2) is 16.5 Å².